The van der Waals surface area contributed by atoms with Crippen molar-refractivity contribution in [1.29, 1.82) is 0 Å². The molecule has 4 saturated carbocycles. The molecule has 0 unspecified atom stereocenters. The summed E-state index contributed by atoms with van der Waals surface area (Å²) in [6.45, 7) is 18.2. The smallest absolute Gasteiger partial charge is 0.186 e. The van der Waals surface area contributed by atoms with E-state index in [4.69, 9.17) is 9.47 Å². The first-order valence-corrected chi connectivity index (χ1v) is 17.0. The molecule has 5 N–H and O–H groups in total. The molecule has 1 saturated heterocycles. The van der Waals surface area contributed by atoms with Crippen LogP contribution in [0.15, 0.2) is 23.3 Å². The van der Waals surface area contributed by atoms with E-state index in [1.165, 1.54) is 11.1 Å². The van der Waals surface area contributed by atoms with E-state index in [1.807, 2.05) is 0 Å². The molecule has 43 heavy (non-hydrogen) atoms. The Morgan fingerprint density at radius 1 is 0.814 bits per heavy atom. The van der Waals surface area contributed by atoms with Crippen molar-refractivity contribution < 1.29 is 35.0 Å². The molecule has 1 heterocycles. The van der Waals surface area contributed by atoms with Gasteiger partial charge in [-0.25, -0.2) is 0 Å². The lowest BCUT2D eigenvalue weighted by Crippen LogP contribution is -2.67. The Labute approximate surface area is 259 Å². The van der Waals surface area contributed by atoms with Crippen molar-refractivity contribution in [2.45, 2.75) is 150 Å². The second-order valence-corrected chi connectivity index (χ2v) is 16.6. The number of hydrogen-bond acceptors (Lipinski definition) is 7. The van der Waals surface area contributed by atoms with Gasteiger partial charge in [0.1, 0.15) is 24.4 Å². The van der Waals surface area contributed by atoms with E-state index >= 15 is 0 Å². The molecule has 5 rings (SSSR count). The summed E-state index contributed by atoms with van der Waals surface area (Å²) in [5.41, 5.74) is 2.80. The van der Waals surface area contributed by atoms with E-state index < -0.39 is 37.3 Å². The number of allylic oxidation sites excluding steroid dienone is 4. The van der Waals surface area contributed by atoms with Crippen molar-refractivity contribution in [3.63, 3.8) is 0 Å². The van der Waals surface area contributed by atoms with Crippen molar-refractivity contribution in [1.82, 2.24) is 0 Å². The number of hydrogen-bond donors (Lipinski definition) is 5. The van der Waals surface area contributed by atoms with Gasteiger partial charge in [0.15, 0.2) is 6.29 Å². The second-order valence-electron chi connectivity index (χ2n) is 16.6. The van der Waals surface area contributed by atoms with Crippen LogP contribution in [0.25, 0.3) is 0 Å². The summed E-state index contributed by atoms with van der Waals surface area (Å²) >= 11 is 0. The average Bonchev–Trinajstić information content (AvgIpc) is 3.31. The fraction of sp³-hybridized carbons (Fsp3) is 0.889. The van der Waals surface area contributed by atoms with Gasteiger partial charge in [-0.05, 0) is 117 Å². The van der Waals surface area contributed by atoms with Crippen molar-refractivity contribution in [3.8, 4) is 0 Å². The van der Waals surface area contributed by atoms with Gasteiger partial charge >= 0.3 is 0 Å². The lowest BCUT2D eigenvalue weighted by Gasteiger charge is -2.70. The van der Waals surface area contributed by atoms with E-state index in [2.05, 4.69) is 67.5 Å². The molecular weight excluding hydrogens is 544 g/mol. The number of rotatable bonds is 6. The Hall–Kier alpha value is -0.800. The largest absolute Gasteiger partial charge is 0.394 e. The Kier molecular flexibility index (Phi) is 9.19. The maximum atomic E-state index is 12.0. The Balaban J connectivity index is 1.38. The number of aliphatic hydroxyl groups excluding tert-OH is 5. The predicted octanol–water partition coefficient (Wildman–Crippen LogP) is 5.13. The van der Waals surface area contributed by atoms with Crippen molar-refractivity contribution in [3.05, 3.63) is 23.3 Å². The van der Waals surface area contributed by atoms with Crippen LogP contribution in [0.3, 0.4) is 0 Å². The second kappa shape index (κ2) is 11.8. The zero-order chi connectivity index (χ0) is 31.7. The number of aliphatic hydroxyl groups is 5. The zero-order valence-electron chi connectivity index (χ0n) is 27.9. The van der Waals surface area contributed by atoms with Gasteiger partial charge in [0.2, 0.25) is 0 Å². The topological polar surface area (TPSA) is 120 Å². The molecule has 0 aromatic heterocycles. The maximum absolute atomic E-state index is 12.0. The first kappa shape index (κ1) is 33.6. The Morgan fingerprint density at radius 3 is 2.14 bits per heavy atom. The Bertz CT molecular complexity index is 1080. The third kappa shape index (κ3) is 5.21. The highest BCUT2D eigenvalue weighted by Gasteiger charge is 2.70. The van der Waals surface area contributed by atoms with Gasteiger partial charge in [-0.2, -0.15) is 0 Å². The molecular formula is C36H60O7. The van der Waals surface area contributed by atoms with Crippen LogP contribution in [0.4, 0.5) is 0 Å². The third-order valence-electron chi connectivity index (χ3n) is 14.0. The predicted molar refractivity (Wildman–Crippen MR) is 167 cm³/mol. The van der Waals surface area contributed by atoms with E-state index in [1.54, 1.807) is 0 Å². The first-order valence-electron chi connectivity index (χ1n) is 17.0. The molecule has 0 aromatic rings. The van der Waals surface area contributed by atoms with Crippen LogP contribution < -0.4 is 0 Å². The molecule has 0 aromatic carbocycles. The maximum Gasteiger partial charge on any atom is 0.186 e. The summed E-state index contributed by atoms with van der Waals surface area (Å²) in [5.74, 6) is 1.48. The van der Waals surface area contributed by atoms with Crippen LogP contribution in [-0.4, -0.2) is 75.1 Å². The van der Waals surface area contributed by atoms with Crippen LogP contribution >= 0.6 is 0 Å². The lowest BCUT2D eigenvalue weighted by molar-refractivity contribution is -0.331. The monoisotopic (exact) mass is 604 g/mol. The molecule has 7 heteroatoms. The summed E-state index contributed by atoms with van der Waals surface area (Å²) in [7, 11) is 0. The lowest BCUT2D eigenvalue weighted by atomic mass is 9.35. The fourth-order valence-corrected chi connectivity index (χ4v) is 11.5. The molecule has 5 fully saturated rings. The van der Waals surface area contributed by atoms with E-state index in [-0.39, 0.29) is 39.8 Å². The van der Waals surface area contributed by atoms with Gasteiger partial charge in [0.25, 0.3) is 0 Å². The van der Waals surface area contributed by atoms with Crippen molar-refractivity contribution in [2.75, 3.05) is 6.61 Å². The fourth-order valence-electron chi connectivity index (χ4n) is 11.5. The normalized spacial score (nSPS) is 51.3. The zero-order valence-corrected chi connectivity index (χ0v) is 27.9. The minimum absolute atomic E-state index is 0.0348. The molecule has 0 bridgehead atoms. The minimum Gasteiger partial charge on any atom is -0.394 e. The van der Waals surface area contributed by atoms with Gasteiger partial charge in [0.05, 0.1) is 18.8 Å². The Morgan fingerprint density at radius 2 is 1.49 bits per heavy atom. The van der Waals surface area contributed by atoms with E-state index in [0.717, 1.165) is 51.4 Å². The van der Waals surface area contributed by atoms with Crippen LogP contribution in [0.2, 0.25) is 0 Å². The van der Waals surface area contributed by atoms with Crippen LogP contribution in [0.5, 0.6) is 0 Å². The molecule has 0 radical (unpaired) electrons. The van der Waals surface area contributed by atoms with Gasteiger partial charge in [-0.3, -0.25) is 0 Å². The summed E-state index contributed by atoms with van der Waals surface area (Å²) < 4.78 is 12.2. The quantitative estimate of drug-likeness (QED) is 0.211. The van der Waals surface area contributed by atoms with Gasteiger partial charge in [-0.1, -0.05) is 57.9 Å². The van der Waals surface area contributed by atoms with Crippen molar-refractivity contribution in [2.24, 2.45) is 45.3 Å². The molecule has 4 aliphatic carbocycles. The van der Waals surface area contributed by atoms with Gasteiger partial charge in [-0.15, -0.1) is 0 Å². The van der Waals surface area contributed by atoms with Crippen LogP contribution in [-0.2, 0) is 9.47 Å². The molecule has 0 amide bonds. The van der Waals surface area contributed by atoms with E-state index in [9.17, 15) is 25.5 Å². The molecule has 5 aliphatic rings. The summed E-state index contributed by atoms with van der Waals surface area (Å²) in [5, 5.41) is 52.9. The molecule has 0 spiro atoms. The third-order valence-corrected chi connectivity index (χ3v) is 14.0. The summed E-state index contributed by atoms with van der Waals surface area (Å²) in [6.07, 6.45) is 5.90. The molecule has 14 atom stereocenters. The number of fused-ring (bicyclic) bond motifs is 5. The average molecular weight is 605 g/mol. The van der Waals surface area contributed by atoms with E-state index in [0.29, 0.717) is 17.8 Å². The summed E-state index contributed by atoms with van der Waals surface area (Å²) in [6, 6.07) is 0. The van der Waals surface area contributed by atoms with Crippen LogP contribution in [0, 0.1) is 45.3 Å². The first-order chi connectivity index (χ1) is 20.0. The van der Waals surface area contributed by atoms with Gasteiger partial charge < -0.3 is 35.0 Å². The van der Waals surface area contributed by atoms with Crippen LogP contribution in [0.1, 0.15) is 107 Å². The van der Waals surface area contributed by atoms with Crippen molar-refractivity contribution >= 4 is 0 Å². The number of ether oxygens (including phenoxy) is 2. The molecule has 7 nitrogen and oxygen atoms in total. The highest BCUT2D eigenvalue weighted by Crippen LogP contribution is 2.75. The van der Waals surface area contributed by atoms with Gasteiger partial charge in [0, 0.05) is 0 Å². The highest BCUT2D eigenvalue weighted by atomic mass is 16.7. The SMILES string of the molecule is CC(C)=CC/C=C(/C)[C@H]1CC[C@@]2(C)[C@@H]1[C@@H](O)C[C@@H]1[C@@]3(C)CC[C@@H](O[C@@H]4O[C@H](CO)[C@@H](O)[C@H](O)[C@H]4O)C(C)(C)[C@H]3CC[C@]12C. The molecule has 246 valence electrons. The highest BCUT2D eigenvalue weighted by molar-refractivity contribution is 5.23. The standard InChI is InChI=1S/C36H60O7/c1-20(2)10-9-11-21(3)22-12-16-36(8)28(22)23(38)18-26-34(6)15-14-27(33(4,5)25(34)13-17-35(26,36)7)43-32-31(41)30(40)29(39)24(19-37)42-32/h10-11,22-32,37-41H,9,12-19H2,1-8H3/b21-11-/t22-,23+,24-,25-,26-,27-,28+,29-,30+,31-,32+,34+,35-,36+/m1/s1. The summed E-state index contributed by atoms with van der Waals surface area (Å²) in [4.78, 5) is 0. The molecule has 1 aliphatic heterocycles. The minimum atomic E-state index is -1.44.